The van der Waals surface area contributed by atoms with Crippen LogP contribution in [0.4, 0.5) is 20.3 Å². The molecule has 174 valence electrons. The van der Waals surface area contributed by atoms with E-state index in [1.165, 1.54) is 18.2 Å². The molecule has 4 rings (SSSR count). The first-order valence-corrected chi connectivity index (χ1v) is 12.5. The first-order chi connectivity index (χ1) is 14.9. The van der Waals surface area contributed by atoms with Crippen LogP contribution in [0.3, 0.4) is 0 Å². The topological polar surface area (TPSA) is 65.5 Å². The number of nitrogens with zero attached hydrogens (tertiary/aromatic N) is 3. The molecule has 1 atom stereocenters. The van der Waals surface area contributed by atoms with Crippen LogP contribution in [0, 0.1) is 23.1 Å². The van der Waals surface area contributed by atoms with E-state index in [4.69, 9.17) is 23.2 Å². The lowest BCUT2D eigenvalue weighted by Gasteiger charge is -2.47. The molecule has 2 saturated heterocycles. The van der Waals surface area contributed by atoms with Crippen LogP contribution in [0.2, 0.25) is 10.0 Å². The van der Waals surface area contributed by atoms with Crippen molar-refractivity contribution >= 4 is 44.7 Å². The molecule has 1 unspecified atom stereocenters. The van der Waals surface area contributed by atoms with Crippen LogP contribution >= 0.6 is 23.2 Å². The number of halogens is 4. The van der Waals surface area contributed by atoms with E-state index in [1.807, 2.05) is 9.62 Å². The number of anilines is 2. The Morgan fingerprint density at radius 1 is 1.25 bits per heavy atom. The third-order valence-electron chi connectivity index (χ3n) is 5.77. The summed E-state index contributed by atoms with van der Waals surface area (Å²) in [7, 11) is -4.48. The van der Waals surface area contributed by atoms with E-state index >= 15 is 4.39 Å². The van der Waals surface area contributed by atoms with Gasteiger partial charge in [-0.05, 0) is 36.0 Å². The van der Waals surface area contributed by atoms with Gasteiger partial charge in [0, 0.05) is 32.7 Å². The van der Waals surface area contributed by atoms with Crippen molar-refractivity contribution in [3.05, 3.63) is 46.1 Å². The molecule has 1 aromatic heterocycles. The van der Waals surface area contributed by atoms with Gasteiger partial charge in [0.05, 0.1) is 10.7 Å². The summed E-state index contributed by atoms with van der Waals surface area (Å²) in [6.45, 7) is 8.92. The summed E-state index contributed by atoms with van der Waals surface area (Å²) in [5.41, 5.74) is 0.720. The van der Waals surface area contributed by atoms with Gasteiger partial charge in [0.25, 0.3) is 10.0 Å². The lowest BCUT2D eigenvalue weighted by Crippen LogP contribution is -2.54. The third kappa shape index (κ3) is 4.81. The number of hydrogen-bond donors (Lipinski definition) is 1. The summed E-state index contributed by atoms with van der Waals surface area (Å²) in [5.74, 6) is -1.91. The van der Waals surface area contributed by atoms with Crippen molar-refractivity contribution in [1.82, 2.24) is 9.88 Å². The molecule has 1 aromatic carbocycles. The molecule has 0 spiro atoms. The third-order valence-corrected chi connectivity index (χ3v) is 7.95. The van der Waals surface area contributed by atoms with Crippen LogP contribution < -0.4 is 9.62 Å². The van der Waals surface area contributed by atoms with Crippen molar-refractivity contribution < 1.29 is 17.2 Å². The van der Waals surface area contributed by atoms with Gasteiger partial charge in [-0.25, -0.2) is 17.8 Å². The first-order valence-electron chi connectivity index (χ1n) is 10.3. The Morgan fingerprint density at radius 3 is 2.62 bits per heavy atom. The maximum Gasteiger partial charge on any atom is 0.267 e. The maximum absolute atomic E-state index is 15.1. The normalized spacial score (nSPS) is 20.9. The van der Waals surface area contributed by atoms with Gasteiger partial charge in [0.2, 0.25) is 5.95 Å². The van der Waals surface area contributed by atoms with Gasteiger partial charge in [-0.1, -0.05) is 43.1 Å². The standard InChI is InChI=1S/C21H24Cl2F2N4O2S/c1-21(2)11-28(12-21)9-13-6-7-29(10-13)15-8-14(22)20(19(25)18(15)23)32(30,31)27-17-5-3-4-16(24)26-17/h3-5,8,13H,6-7,9-12H2,1-2H3,(H,26,27). The number of likely N-dealkylation sites (tertiary alicyclic amines) is 1. The Hall–Kier alpha value is -1.68. The Morgan fingerprint density at radius 2 is 1.97 bits per heavy atom. The highest BCUT2D eigenvalue weighted by molar-refractivity contribution is 7.92. The highest BCUT2D eigenvalue weighted by Gasteiger charge is 2.37. The number of sulfonamides is 1. The summed E-state index contributed by atoms with van der Waals surface area (Å²) in [4.78, 5) is 6.98. The van der Waals surface area contributed by atoms with E-state index in [2.05, 4.69) is 23.7 Å². The minimum absolute atomic E-state index is 0.294. The second-order valence-corrected chi connectivity index (χ2v) is 11.6. The minimum Gasteiger partial charge on any atom is -0.370 e. The number of aromatic nitrogens is 1. The Kier molecular flexibility index (Phi) is 6.30. The van der Waals surface area contributed by atoms with Gasteiger partial charge in [0.15, 0.2) is 5.82 Å². The molecule has 2 aromatic rings. The number of rotatable bonds is 6. The smallest absolute Gasteiger partial charge is 0.267 e. The van der Waals surface area contributed by atoms with Crippen LogP contribution in [0.5, 0.6) is 0 Å². The van der Waals surface area contributed by atoms with Crippen LogP contribution in [-0.2, 0) is 10.0 Å². The molecule has 2 fully saturated rings. The van der Waals surface area contributed by atoms with Gasteiger partial charge in [-0.15, -0.1) is 0 Å². The monoisotopic (exact) mass is 504 g/mol. The molecule has 0 saturated carbocycles. The van der Waals surface area contributed by atoms with Crippen molar-refractivity contribution in [2.45, 2.75) is 25.2 Å². The van der Waals surface area contributed by atoms with Gasteiger partial charge in [-0.3, -0.25) is 4.72 Å². The average Bonchev–Trinajstić information content (AvgIpc) is 3.11. The number of hydrogen-bond acceptors (Lipinski definition) is 5. The second-order valence-electron chi connectivity index (χ2n) is 9.22. The van der Waals surface area contributed by atoms with Crippen molar-refractivity contribution in [2.75, 3.05) is 42.3 Å². The fourth-order valence-corrected chi connectivity index (χ4v) is 6.52. The number of benzene rings is 1. The molecule has 0 bridgehead atoms. The molecular weight excluding hydrogens is 481 g/mol. The molecule has 6 nitrogen and oxygen atoms in total. The Labute approximate surface area is 196 Å². The van der Waals surface area contributed by atoms with Crippen molar-refractivity contribution in [2.24, 2.45) is 11.3 Å². The molecule has 3 heterocycles. The molecule has 0 aliphatic carbocycles. The fourth-order valence-electron chi connectivity index (χ4n) is 4.56. The molecular formula is C21H24Cl2F2N4O2S. The molecule has 2 aliphatic heterocycles. The van der Waals surface area contributed by atoms with Crippen molar-refractivity contribution in [3.8, 4) is 0 Å². The second kappa shape index (κ2) is 8.59. The molecule has 11 heteroatoms. The largest absolute Gasteiger partial charge is 0.370 e. The van der Waals surface area contributed by atoms with Crippen LogP contribution in [0.25, 0.3) is 0 Å². The summed E-state index contributed by atoms with van der Waals surface area (Å²) in [6.07, 6.45) is 0.930. The Balaban J connectivity index is 1.53. The van der Waals surface area contributed by atoms with E-state index < -0.39 is 26.7 Å². The van der Waals surface area contributed by atoms with Gasteiger partial charge in [-0.2, -0.15) is 4.39 Å². The summed E-state index contributed by atoms with van der Waals surface area (Å²) in [6, 6.07) is 4.95. The van der Waals surface area contributed by atoms with Gasteiger partial charge in [0.1, 0.15) is 15.7 Å². The van der Waals surface area contributed by atoms with E-state index in [0.717, 1.165) is 32.1 Å². The predicted octanol–water partition coefficient (Wildman–Crippen LogP) is 4.64. The lowest BCUT2D eigenvalue weighted by atomic mass is 9.84. The highest BCUT2D eigenvalue weighted by Crippen LogP contribution is 2.40. The zero-order valence-corrected chi connectivity index (χ0v) is 20.0. The summed E-state index contributed by atoms with van der Waals surface area (Å²) >= 11 is 12.5. The van der Waals surface area contributed by atoms with E-state index in [1.54, 1.807) is 0 Å². The lowest BCUT2D eigenvalue weighted by molar-refractivity contribution is 0.0205. The maximum atomic E-state index is 15.1. The zero-order chi connectivity index (χ0) is 23.3. The van der Waals surface area contributed by atoms with E-state index in [9.17, 15) is 12.8 Å². The van der Waals surface area contributed by atoms with Gasteiger partial charge < -0.3 is 9.80 Å². The van der Waals surface area contributed by atoms with Crippen LogP contribution in [-0.4, -0.2) is 51.0 Å². The minimum atomic E-state index is -4.48. The quantitative estimate of drug-likeness (QED) is 0.458. The molecule has 2 aliphatic rings. The SMILES string of the molecule is CC1(C)CN(CC2CCN(c3cc(Cl)c(S(=O)(=O)Nc4cccc(F)n4)c(F)c3Cl)C2)C1. The number of nitrogens with one attached hydrogen (secondary N) is 1. The van der Waals surface area contributed by atoms with Gasteiger partial charge >= 0.3 is 0 Å². The summed E-state index contributed by atoms with van der Waals surface area (Å²) in [5, 5.41) is -0.619. The van der Waals surface area contributed by atoms with E-state index in [0.29, 0.717) is 30.1 Å². The predicted molar refractivity (Wildman–Crippen MR) is 122 cm³/mol. The highest BCUT2D eigenvalue weighted by atomic mass is 35.5. The average molecular weight is 505 g/mol. The Bertz CT molecular complexity index is 1140. The molecule has 0 amide bonds. The van der Waals surface area contributed by atoms with Crippen molar-refractivity contribution in [3.63, 3.8) is 0 Å². The number of pyridine rings is 1. The van der Waals surface area contributed by atoms with Crippen LogP contribution in [0.15, 0.2) is 29.2 Å². The zero-order valence-electron chi connectivity index (χ0n) is 17.7. The first kappa shape index (κ1) is 23.5. The molecule has 1 N–H and O–H groups in total. The molecule has 32 heavy (non-hydrogen) atoms. The fraction of sp³-hybridized carbons (Fsp3) is 0.476. The van der Waals surface area contributed by atoms with Crippen molar-refractivity contribution in [1.29, 1.82) is 0 Å². The van der Waals surface area contributed by atoms with Crippen LogP contribution in [0.1, 0.15) is 20.3 Å². The summed E-state index contributed by atoms with van der Waals surface area (Å²) < 4.78 is 55.9. The molecule has 0 radical (unpaired) electrons. The van der Waals surface area contributed by atoms with E-state index in [-0.39, 0.29) is 15.9 Å².